The zero-order chi connectivity index (χ0) is 23.5. The van der Waals surface area contributed by atoms with Gasteiger partial charge in [0.2, 0.25) is 5.91 Å². The molecule has 0 aliphatic carbocycles. The summed E-state index contributed by atoms with van der Waals surface area (Å²) in [5.74, 6) is 2.21. The molecule has 0 unspecified atom stereocenters. The molecule has 7 nitrogen and oxygen atoms in total. The van der Waals surface area contributed by atoms with E-state index in [0.717, 1.165) is 47.2 Å². The fourth-order valence-electron chi connectivity index (χ4n) is 4.31. The maximum Gasteiger partial charge on any atom is 0.244 e. The summed E-state index contributed by atoms with van der Waals surface area (Å²) in [7, 11) is 1.68. The van der Waals surface area contributed by atoms with Gasteiger partial charge in [0.05, 0.1) is 12.8 Å². The minimum Gasteiger partial charge on any atom is -0.496 e. The fraction of sp³-hybridized carbons (Fsp3) is 0.423. The molecule has 7 heteroatoms. The number of piperazine rings is 1. The number of nitrogens with zero attached hydrogens (tertiary/aromatic N) is 5. The summed E-state index contributed by atoms with van der Waals surface area (Å²) in [6.07, 6.45) is 1.84. The van der Waals surface area contributed by atoms with Crippen molar-refractivity contribution in [1.82, 2.24) is 19.7 Å². The highest BCUT2D eigenvalue weighted by atomic mass is 16.5. The highest BCUT2D eigenvalue weighted by molar-refractivity contribution is 5.76. The maximum absolute atomic E-state index is 13.1. The standard InChI is InChI=1S/C26H33N5O2/c1-18(2)23-16-22(21-6-7-24(33-5)20(4)15-21)28-31(23)17-26(32)30-12-10-29(11-13-30)25-14-19(3)8-9-27-25/h6-9,14-16,18H,10-13,17H2,1-5H3. The Morgan fingerprint density at radius 3 is 2.45 bits per heavy atom. The van der Waals surface area contributed by atoms with Gasteiger partial charge in [0.15, 0.2) is 0 Å². The molecule has 0 radical (unpaired) electrons. The lowest BCUT2D eigenvalue weighted by molar-refractivity contribution is -0.132. The Morgan fingerprint density at radius 2 is 1.82 bits per heavy atom. The van der Waals surface area contributed by atoms with Crippen LogP contribution in [0.25, 0.3) is 11.3 Å². The number of benzene rings is 1. The monoisotopic (exact) mass is 447 g/mol. The largest absolute Gasteiger partial charge is 0.496 e. The molecule has 33 heavy (non-hydrogen) atoms. The van der Waals surface area contributed by atoms with Crippen LogP contribution >= 0.6 is 0 Å². The average Bonchev–Trinajstić information content (AvgIpc) is 3.23. The van der Waals surface area contributed by atoms with Gasteiger partial charge >= 0.3 is 0 Å². The van der Waals surface area contributed by atoms with Gasteiger partial charge in [-0.05, 0) is 67.3 Å². The van der Waals surface area contributed by atoms with Crippen molar-refractivity contribution in [2.75, 3.05) is 38.2 Å². The summed E-state index contributed by atoms with van der Waals surface area (Å²) in [6.45, 7) is 11.6. The van der Waals surface area contributed by atoms with E-state index in [1.54, 1.807) is 7.11 Å². The molecule has 1 aliphatic rings. The van der Waals surface area contributed by atoms with E-state index in [1.807, 2.05) is 40.9 Å². The van der Waals surface area contributed by atoms with Gasteiger partial charge in [0.25, 0.3) is 0 Å². The van der Waals surface area contributed by atoms with E-state index in [-0.39, 0.29) is 18.4 Å². The number of ether oxygens (including phenoxy) is 1. The first-order valence-corrected chi connectivity index (χ1v) is 11.5. The molecular formula is C26H33N5O2. The molecule has 0 spiro atoms. The summed E-state index contributed by atoms with van der Waals surface area (Å²) < 4.78 is 7.25. The molecular weight excluding hydrogens is 414 g/mol. The van der Waals surface area contributed by atoms with Gasteiger partial charge < -0.3 is 14.5 Å². The van der Waals surface area contributed by atoms with Crippen molar-refractivity contribution >= 4 is 11.7 Å². The number of rotatable bonds is 6. The number of carbonyl (C=O) groups excluding carboxylic acids is 1. The van der Waals surface area contributed by atoms with Crippen molar-refractivity contribution in [3.63, 3.8) is 0 Å². The lowest BCUT2D eigenvalue weighted by Gasteiger charge is -2.35. The van der Waals surface area contributed by atoms with Gasteiger partial charge in [-0.15, -0.1) is 0 Å². The van der Waals surface area contributed by atoms with Crippen molar-refractivity contribution < 1.29 is 9.53 Å². The van der Waals surface area contributed by atoms with Crippen molar-refractivity contribution in [2.45, 2.75) is 40.2 Å². The second-order valence-corrected chi connectivity index (χ2v) is 9.01. The Hall–Kier alpha value is -3.35. The summed E-state index contributed by atoms with van der Waals surface area (Å²) in [6, 6.07) is 12.3. The average molecular weight is 448 g/mol. The number of methoxy groups -OCH3 is 1. The highest BCUT2D eigenvalue weighted by Gasteiger charge is 2.24. The molecule has 0 bridgehead atoms. The zero-order valence-electron chi connectivity index (χ0n) is 20.2. The Balaban J connectivity index is 1.46. The van der Waals surface area contributed by atoms with Crippen LogP contribution in [0.4, 0.5) is 5.82 Å². The van der Waals surface area contributed by atoms with E-state index in [0.29, 0.717) is 13.1 Å². The van der Waals surface area contributed by atoms with E-state index in [4.69, 9.17) is 9.84 Å². The van der Waals surface area contributed by atoms with Crippen LogP contribution in [0.1, 0.15) is 36.6 Å². The number of carbonyl (C=O) groups is 1. The van der Waals surface area contributed by atoms with E-state index >= 15 is 0 Å². The van der Waals surface area contributed by atoms with Gasteiger partial charge in [-0.2, -0.15) is 5.10 Å². The number of hydrogen-bond acceptors (Lipinski definition) is 5. The van der Waals surface area contributed by atoms with Crippen LogP contribution in [0.15, 0.2) is 42.6 Å². The van der Waals surface area contributed by atoms with Crippen LogP contribution in [0, 0.1) is 13.8 Å². The summed E-state index contributed by atoms with van der Waals surface area (Å²) >= 11 is 0. The minimum absolute atomic E-state index is 0.106. The highest BCUT2D eigenvalue weighted by Crippen LogP contribution is 2.28. The Bertz CT molecular complexity index is 1130. The molecule has 1 amide bonds. The van der Waals surface area contributed by atoms with Crippen LogP contribution in [0.3, 0.4) is 0 Å². The number of hydrogen-bond donors (Lipinski definition) is 0. The van der Waals surface area contributed by atoms with Crippen molar-refractivity contribution in [3.05, 3.63) is 59.4 Å². The molecule has 1 saturated heterocycles. The van der Waals surface area contributed by atoms with Crippen LogP contribution in [0.2, 0.25) is 0 Å². The van der Waals surface area contributed by atoms with Gasteiger partial charge in [-0.25, -0.2) is 4.98 Å². The van der Waals surface area contributed by atoms with E-state index < -0.39 is 0 Å². The normalized spacial score (nSPS) is 14.1. The van der Waals surface area contributed by atoms with Gasteiger partial charge in [0, 0.05) is 43.6 Å². The second-order valence-electron chi connectivity index (χ2n) is 9.01. The molecule has 0 atom stereocenters. The smallest absolute Gasteiger partial charge is 0.244 e. The Morgan fingerprint density at radius 1 is 1.06 bits per heavy atom. The van der Waals surface area contributed by atoms with Crippen molar-refractivity contribution in [3.8, 4) is 17.0 Å². The molecule has 174 valence electrons. The topological polar surface area (TPSA) is 63.5 Å². The number of anilines is 1. The van der Waals surface area contributed by atoms with E-state index in [2.05, 4.69) is 48.9 Å². The minimum atomic E-state index is 0.106. The van der Waals surface area contributed by atoms with Crippen LogP contribution in [-0.4, -0.2) is 58.9 Å². The molecule has 3 heterocycles. The number of aryl methyl sites for hydroxylation is 2. The lowest BCUT2D eigenvalue weighted by Crippen LogP contribution is -2.50. The maximum atomic E-state index is 13.1. The van der Waals surface area contributed by atoms with E-state index in [1.165, 1.54) is 5.56 Å². The molecule has 3 aromatic rings. The number of aromatic nitrogens is 3. The van der Waals surface area contributed by atoms with Crippen LogP contribution < -0.4 is 9.64 Å². The van der Waals surface area contributed by atoms with Crippen molar-refractivity contribution in [1.29, 1.82) is 0 Å². The van der Waals surface area contributed by atoms with Gasteiger partial charge in [-0.1, -0.05) is 13.8 Å². The number of amides is 1. The third kappa shape index (κ3) is 5.02. The fourth-order valence-corrected chi connectivity index (χ4v) is 4.31. The van der Waals surface area contributed by atoms with Crippen LogP contribution in [-0.2, 0) is 11.3 Å². The second kappa shape index (κ2) is 9.65. The molecule has 1 fully saturated rings. The number of pyridine rings is 1. The van der Waals surface area contributed by atoms with E-state index in [9.17, 15) is 4.79 Å². The Labute approximate surface area is 196 Å². The summed E-state index contributed by atoms with van der Waals surface area (Å²) in [5, 5.41) is 4.81. The van der Waals surface area contributed by atoms with Gasteiger partial charge in [-0.3, -0.25) is 9.48 Å². The van der Waals surface area contributed by atoms with Gasteiger partial charge in [0.1, 0.15) is 18.1 Å². The molecule has 1 aliphatic heterocycles. The third-order valence-electron chi connectivity index (χ3n) is 6.24. The molecule has 4 rings (SSSR count). The third-order valence-corrected chi connectivity index (χ3v) is 6.24. The molecule has 2 aromatic heterocycles. The van der Waals surface area contributed by atoms with Crippen molar-refractivity contribution in [2.24, 2.45) is 0 Å². The molecule has 1 aromatic carbocycles. The first kappa shape index (κ1) is 22.8. The first-order chi connectivity index (χ1) is 15.9. The lowest BCUT2D eigenvalue weighted by atomic mass is 10.1. The first-order valence-electron chi connectivity index (χ1n) is 11.5. The zero-order valence-corrected chi connectivity index (χ0v) is 20.2. The molecule has 0 N–H and O–H groups in total. The Kier molecular flexibility index (Phi) is 6.67. The SMILES string of the molecule is COc1ccc(-c2cc(C(C)C)n(CC(=O)N3CCN(c4cc(C)ccn4)CC3)n2)cc1C. The molecule has 0 saturated carbocycles. The predicted molar refractivity (Wildman–Crippen MR) is 131 cm³/mol. The summed E-state index contributed by atoms with van der Waals surface area (Å²) in [5.41, 5.74) is 5.23. The van der Waals surface area contributed by atoms with Crippen LogP contribution in [0.5, 0.6) is 5.75 Å². The summed E-state index contributed by atoms with van der Waals surface area (Å²) in [4.78, 5) is 21.8. The quantitative estimate of drug-likeness (QED) is 0.571. The predicted octanol–water partition coefficient (Wildman–Crippen LogP) is 4.04.